The van der Waals surface area contributed by atoms with Crippen molar-refractivity contribution in [3.63, 3.8) is 0 Å². The van der Waals surface area contributed by atoms with E-state index in [4.69, 9.17) is 9.84 Å². The summed E-state index contributed by atoms with van der Waals surface area (Å²) in [5.74, 6) is -2.55. The SMILES string of the molecule is C[C@]12CC34C=CC(=O)[C@@](C)(CCC(=O)Nc5c(O)ccc(C(=O)O)c5O)[C@@H]3[C@H](C[C@@H]1C4)O2. The van der Waals surface area contributed by atoms with Crippen LogP contribution in [-0.4, -0.2) is 44.7 Å². The van der Waals surface area contributed by atoms with E-state index in [1.165, 1.54) is 0 Å². The van der Waals surface area contributed by atoms with Gasteiger partial charge in [0.1, 0.15) is 17.0 Å². The van der Waals surface area contributed by atoms with Gasteiger partial charge in [-0.25, -0.2) is 4.79 Å². The lowest BCUT2D eigenvalue weighted by atomic mass is 9.51. The van der Waals surface area contributed by atoms with Crippen LogP contribution in [-0.2, 0) is 14.3 Å². The van der Waals surface area contributed by atoms with Crippen LogP contribution in [0.5, 0.6) is 11.5 Å². The molecular weight excluding hydrogens is 414 g/mol. The number of phenolic OH excluding ortho intramolecular Hbond substituents is 1. The summed E-state index contributed by atoms with van der Waals surface area (Å²) in [6, 6.07) is 2.16. The van der Waals surface area contributed by atoms with Crippen molar-refractivity contribution in [1.29, 1.82) is 0 Å². The van der Waals surface area contributed by atoms with E-state index in [9.17, 15) is 24.6 Å². The maximum absolute atomic E-state index is 13.1. The molecule has 5 aliphatic rings. The van der Waals surface area contributed by atoms with Crippen LogP contribution in [0.3, 0.4) is 0 Å². The number of aromatic carboxylic acids is 1. The number of carboxylic acid groups (broad SMARTS) is 1. The van der Waals surface area contributed by atoms with E-state index in [-0.39, 0.29) is 47.4 Å². The average molecular weight is 441 g/mol. The second-order valence-electron chi connectivity index (χ2n) is 10.3. The van der Waals surface area contributed by atoms with E-state index >= 15 is 0 Å². The molecule has 170 valence electrons. The van der Waals surface area contributed by atoms with Gasteiger partial charge in [0.25, 0.3) is 0 Å². The number of phenols is 2. The van der Waals surface area contributed by atoms with Gasteiger partial charge < -0.3 is 25.4 Å². The molecule has 1 aromatic carbocycles. The predicted octanol–water partition coefficient (Wildman–Crippen LogP) is 3.23. The van der Waals surface area contributed by atoms with Gasteiger partial charge in [-0.15, -0.1) is 0 Å². The maximum atomic E-state index is 13.1. The molecule has 1 spiro atoms. The molecule has 0 aromatic heterocycles. The number of rotatable bonds is 5. The van der Waals surface area contributed by atoms with Crippen LogP contribution in [0, 0.1) is 22.7 Å². The summed E-state index contributed by atoms with van der Waals surface area (Å²) in [4.78, 5) is 37.0. The second-order valence-corrected chi connectivity index (χ2v) is 10.3. The smallest absolute Gasteiger partial charge is 0.339 e. The van der Waals surface area contributed by atoms with Crippen LogP contribution in [0.4, 0.5) is 5.69 Å². The van der Waals surface area contributed by atoms with Crippen LogP contribution in [0.15, 0.2) is 24.3 Å². The molecule has 2 heterocycles. The minimum Gasteiger partial charge on any atom is -0.506 e. The second kappa shape index (κ2) is 6.57. The van der Waals surface area contributed by atoms with E-state index in [2.05, 4.69) is 18.3 Å². The fourth-order valence-corrected chi connectivity index (χ4v) is 7.09. The molecule has 2 aliphatic heterocycles. The highest BCUT2D eigenvalue weighted by Crippen LogP contribution is 2.71. The molecule has 1 unspecified atom stereocenters. The number of hydrogen-bond acceptors (Lipinski definition) is 6. The van der Waals surface area contributed by atoms with Crippen molar-refractivity contribution in [2.75, 3.05) is 5.32 Å². The number of carbonyl (C=O) groups is 3. The van der Waals surface area contributed by atoms with Gasteiger partial charge in [0, 0.05) is 17.8 Å². The van der Waals surface area contributed by atoms with E-state index in [1.807, 2.05) is 6.92 Å². The third-order valence-corrected chi connectivity index (χ3v) is 8.44. The van der Waals surface area contributed by atoms with Gasteiger partial charge in [0.05, 0.1) is 11.7 Å². The molecule has 6 atom stereocenters. The quantitative estimate of drug-likeness (QED) is 0.516. The van der Waals surface area contributed by atoms with Crippen LogP contribution < -0.4 is 5.32 Å². The van der Waals surface area contributed by atoms with Gasteiger partial charge >= 0.3 is 5.97 Å². The Bertz CT molecular complexity index is 1080. The third-order valence-electron chi connectivity index (χ3n) is 8.44. The van der Waals surface area contributed by atoms with Crippen molar-refractivity contribution >= 4 is 23.3 Å². The molecule has 8 nitrogen and oxygen atoms in total. The first-order valence-electron chi connectivity index (χ1n) is 11.0. The monoisotopic (exact) mass is 441 g/mol. The minimum absolute atomic E-state index is 0.00395. The number of ether oxygens (including phenoxy) is 1. The van der Waals surface area contributed by atoms with Crippen LogP contribution in [0.25, 0.3) is 0 Å². The summed E-state index contributed by atoms with van der Waals surface area (Å²) in [7, 11) is 0. The summed E-state index contributed by atoms with van der Waals surface area (Å²) < 4.78 is 6.41. The third kappa shape index (κ3) is 2.75. The summed E-state index contributed by atoms with van der Waals surface area (Å²) >= 11 is 0. The molecule has 2 saturated carbocycles. The average Bonchev–Trinajstić information content (AvgIpc) is 3.08. The first kappa shape index (κ1) is 21.0. The van der Waals surface area contributed by atoms with Gasteiger partial charge in [-0.2, -0.15) is 0 Å². The lowest BCUT2D eigenvalue weighted by Crippen LogP contribution is -2.56. The van der Waals surface area contributed by atoms with Crippen molar-refractivity contribution in [3.8, 4) is 11.5 Å². The van der Waals surface area contributed by atoms with Crippen molar-refractivity contribution < 1.29 is 34.4 Å². The number of nitrogens with one attached hydrogen (secondary N) is 1. The molecule has 4 N–H and O–H groups in total. The molecule has 4 bridgehead atoms. The number of amides is 1. The van der Waals surface area contributed by atoms with Crippen LogP contribution in [0.1, 0.15) is 56.3 Å². The minimum atomic E-state index is -1.38. The standard InChI is InChI=1S/C24H27NO7/c1-22(7-6-17(28)25-18-14(26)4-3-13(19(18)29)21(30)31)16(27)5-8-24-10-12-9-15(20(22)24)32-23(12,2)11-24/h3-5,8,12,15,20,26,29H,6-7,9-11H2,1-2H3,(H,25,28)(H,30,31)/t12-,15+,20+,22-,23+,24?/m1/s1. The zero-order chi connectivity index (χ0) is 23.1. The van der Waals surface area contributed by atoms with Crippen molar-refractivity contribution in [2.45, 2.75) is 57.7 Å². The zero-order valence-electron chi connectivity index (χ0n) is 18.1. The van der Waals surface area contributed by atoms with E-state index in [0.717, 1.165) is 31.4 Å². The number of allylic oxidation sites excluding steroid dienone is 2. The Morgan fingerprint density at radius 3 is 2.69 bits per heavy atom. The van der Waals surface area contributed by atoms with E-state index in [1.54, 1.807) is 6.08 Å². The highest BCUT2D eigenvalue weighted by atomic mass is 16.5. The lowest BCUT2D eigenvalue weighted by Gasteiger charge is -2.55. The molecule has 3 aliphatic carbocycles. The van der Waals surface area contributed by atoms with E-state index in [0.29, 0.717) is 5.92 Å². The molecule has 2 saturated heterocycles. The normalized spacial score (nSPS) is 38.7. The molecule has 8 heteroatoms. The first-order chi connectivity index (χ1) is 15.0. The number of benzene rings is 1. The number of carbonyl (C=O) groups excluding carboxylic acids is 2. The number of carboxylic acids is 1. The van der Waals surface area contributed by atoms with Gasteiger partial charge in [0.2, 0.25) is 5.91 Å². The molecule has 32 heavy (non-hydrogen) atoms. The summed E-state index contributed by atoms with van der Waals surface area (Å²) in [6.45, 7) is 4.08. The molecule has 0 radical (unpaired) electrons. The topological polar surface area (TPSA) is 133 Å². The Morgan fingerprint density at radius 1 is 1.25 bits per heavy atom. The Morgan fingerprint density at radius 2 is 2.00 bits per heavy atom. The van der Waals surface area contributed by atoms with Gasteiger partial charge in [0.15, 0.2) is 11.5 Å². The van der Waals surface area contributed by atoms with Gasteiger partial charge in [-0.05, 0) is 62.1 Å². The van der Waals surface area contributed by atoms with Crippen molar-refractivity contribution in [2.24, 2.45) is 22.7 Å². The number of anilines is 1. The number of ketones is 1. The van der Waals surface area contributed by atoms with Crippen LogP contribution in [0.2, 0.25) is 0 Å². The molecular formula is C24H27NO7. The fourth-order valence-electron chi connectivity index (χ4n) is 7.09. The Labute approximate surface area is 185 Å². The van der Waals surface area contributed by atoms with Crippen LogP contribution >= 0.6 is 0 Å². The largest absolute Gasteiger partial charge is 0.506 e. The Kier molecular flexibility index (Phi) is 4.31. The lowest BCUT2D eigenvalue weighted by molar-refractivity contribution is -0.169. The zero-order valence-corrected chi connectivity index (χ0v) is 18.1. The Hall–Kier alpha value is -2.87. The fraction of sp³-hybridized carbons (Fsp3) is 0.542. The summed E-state index contributed by atoms with van der Waals surface area (Å²) in [5.41, 5.74) is -1.75. The highest BCUT2D eigenvalue weighted by molar-refractivity contribution is 6.00. The first-order valence-corrected chi connectivity index (χ1v) is 11.0. The highest BCUT2D eigenvalue weighted by Gasteiger charge is 2.71. The van der Waals surface area contributed by atoms with E-state index < -0.39 is 34.4 Å². The number of hydrogen-bond donors (Lipinski definition) is 4. The van der Waals surface area contributed by atoms with Crippen molar-refractivity contribution in [1.82, 2.24) is 0 Å². The summed E-state index contributed by atoms with van der Waals surface area (Å²) in [6.07, 6.45) is 6.86. The number of aromatic hydroxyl groups is 2. The Balaban J connectivity index is 1.36. The van der Waals surface area contributed by atoms with Crippen molar-refractivity contribution in [3.05, 3.63) is 29.8 Å². The molecule has 6 rings (SSSR count). The predicted molar refractivity (Wildman–Crippen MR) is 113 cm³/mol. The summed E-state index contributed by atoms with van der Waals surface area (Å²) in [5, 5.41) is 31.7. The molecule has 1 amide bonds. The van der Waals surface area contributed by atoms with Gasteiger partial charge in [-0.1, -0.05) is 13.0 Å². The van der Waals surface area contributed by atoms with Gasteiger partial charge in [-0.3, -0.25) is 9.59 Å². The maximum Gasteiger partial charge on any atom is 0.339 e. The molecule has 4 fully saturated rings. The molecule has 1 aromatic rings.